The maximum atomic E-state index is 13.9. The quantitative estimate of drug-likeness (QED) is 0.605. The summed E-state index contributed by atoms with van der Waals surface area (Å²) in [6, 6.07) is 19.3. The number of benzene rings is 2. The highest BCUT2D eigenvalue weighted by Gasteiger charge is 2.37. The fourth-order valence-electron chi connectivity index (χ4n) is 4.00. The Hall–Kier alpha value is -3.03. The number of nitrogens with one attached hydrogen (secondary N) is 1. The number of hydrogen-bond acceptors (Lipinski definition) is 4. The number of carbonyl (C=O) groups excluding carboxylic acids is 1. The second-order valence-electron chi connectivity index (χ2n) is 7.67. The topological polar surface area (TPSA) is 75.2 Å². The van der Waals surface area contributed by atoms with Gasteiger partial charge in [-0.15, -0.1) is 0 Å². The van der Waals surface area contributed by atoms with E-state index in [9.17, 15) is 9.00 Å². The molecule has 3 unspecified atom stereocenters. The average molecular weight is 435 g/mol. The summed E-state index contributed by atoms with van der Waals surface area (Å²) in [7, 11) is -2.76. The first-order valence-corrected chi connectivity index (χ1v) is 12.0. The summed E-state index contributed by atoms with van der Waals surface area (Å²) in [4.78, 5) is 21.8. The third-order valence-corrected chi connectivity index (χ3v) is 7.81. The first-order chi connectivity index (χ1) is 15.1. The van der Waals surface area contributed by atoms with Crippen LogP contribution in [0.4, 0.5) is 0 Å². The maximum absolute atomic E-state index is 13.9. The van der Waals surface area contributed by atoms with Gasteiger partial charge in [0.1, 0.15) is 0 Å². The molecule has 0 spiro atoms. The van der Waals surface area contributed by atoms with Gasteiger partial charge >= 0.3 is 0 Å². The minimum absolute atomic E-state index is 0.0598. The molecule has 0 radical (unpaired) electrons. The lowest BCUT2D eigenvalue weighted by Crippen LogP contribution is -2.46. The summed E-state index contributed by atoms with van der Waals surface area (Å²) < 4.78 is 15.9. The van der Waals surface area contributed by atoms with Crippen LogP contribution in [0.2, 0.25) is 0 Å². The summed E-state index contributed by atoms with van der Waals surface area (Å²) >= 11 is 0. The number of aromatic nitrogens is 2. The third-order valence-electron chi connectivity index (χ3n) is 5.64. The summed E-state index contributed by atoms with van der Waals surface area (Å²) in [6.45, 7) is 0.701. The molecule has 7 heteroatoms. The second-order valence-corrected chi connectivity index (χ2v) is 9.89. The molecule has 1 fully saturated rings. The molecule has 1 aromatic heterocycles. The van der Waals surface area contributed by atoms with Gasteiger partial charge in [0.25, 0.3) is 0 Å². The van der Waals surface area contributed by atoms with E-state index in [-0.39, 0.29) is 17.9 Å². The van der Waals surface area contributed by atoms with E-state index >= 15 is 0 Å². The van der Waals surface area contributed by atoms with Crippen LogP contribution in [-0.4, -0.2) is 36.8 Å². The molecular formula is C24H26N4O2S. The summed E-state index contributed by atoms with van der Waals surface area (Å²) in [5, 5.41) is 2.95. The van der Waals surface area contributed by atoms with Gasteiger partial charge in [-0.1, -0.05) is 48.5 Å². The van der Waals surface area contributed by atoms with Crippen molar-refractivity contribution in [1.82, 2.24) is 19.6 Å². The molecule has 1 N–H and O–H groups in total. The van der Waals surface area contributed by atoms with Crippen LogP contribution < -0.4 is 5.32 Å². The van der Waals surface area contributed by atoms with Gasteiger partial charge in [-0.2, -0.15) is 0 Å². The van der Waals surface area contributed by atoms with E-state index in [1.54, 1.807) is 18.6 Å². The molecule has 3 aromatic rings. The van der Waals surface area contributed by atoms with Gasteiger partial charge in [-0.3, -0.25) is 14.8 Å². The van der Waals surface area contributed by atoms with E-state index in [2.05, 4.69) is 21.2 Å². The summed E-state index contributed by atoms with van der Waals surface area (Å²) in [5.74, 6) is 3.79. The van der Waals surface area contributed by atoms with E-state index in [0.717, 1.165) is 12.0 Å². The van der Waals surface area contributed by atoms with E-state index in [1.165, 1.54) is 0 Å². The van der Waals surface area contributed by atoms with Crippen LogP contribution in [0.1, 0.15) is 30.1 Å². The summed E-state index contributed by atoms with van der Waals surface area (Å²) in [6.07, 6.45) is 6.28. The monoisotopic (exact) mass is 434 g/mol. The van der Waals surface area contributed by atoms with Gasteiger partial charge in [0.05, 0.1) is 34.1 Å². The Morgan fingerprint density at radius 2 is 1.77 bits per heavy atom. The Labute approximate surface area is 183 Å². The van der Waals surface area contributed by atoms with Gasteiger partial charge in [-0.25, -0.2) is 8.51 Å². The molecule has 2 aromatic carbocycles. The van der Waals surface area contributed by atoms with Crippen molar-refractivity contribution in [3.63, 3.8) is 0 Å². The van der Waals surface area contributed by atoms with Gasteiger partial charge in [-0.05, 0) is 36.4 Å². The molecule has 0 bridgehead atoms. The lowest BCUT2D eigenvalue weighted by molar-refractivity contribution is -0.126. The highest BCUT2D eigenvalue weighted by molar-refractivity contribution is 7.98. The average Bonchev–Trinajstić information content (AvgIpc) is 2.84. The van der Waals surface area contributed by atoms with Crippen LogP contribution in [0.5, 0.6) is 0 Å². The van der Waals surface area contributed by atoms with Gasteiger partial charge < -0.3 is 5.32 Å². The third kappa shape index (κ3) is 4.84. The Bertz CT molecular complexity index is 1110. The predicted molar refractivity (Wildman–Crippen MR) is 122 cm³/mol. The van der Waals surface area contributed by atoms with Crippen molar-refractivity contribution >= 4 is 21.5 Å². The summed E-state index contributed by atoms with van der Waals surface area (Å²) in [5.41, 5.74) is 1.80. The van der Waals surface area contributed by atoms with Crippen LogP contribution in [0.3, 0.4) is 0 Å². The lowest BCUT2D eigenvalue weighted by atomic mass is 9.90. The van der Waals surface area contributed by atoms with Gasteiger partial charge in [0, 0.05) is 29.9 Å². The fraction of sp³-hybridized carbons (Fsp3) is 0.250. The zero-order valence-electron chi connectivity index (χ0n) is 17.3. The number of amides is 1. The number of hydrogen-bond donors (Lipinski definition) is 1. The van der Waals surface area contributed by atoms with Gasteiger partial charge in [0.15, 0.2) is 0 Å². The number of carbonyl (C=O) groups is 1. The molecule has 1 aliphatic rings. The molecule has 31 heavy (non-hydrogen) atoms. The smallest absolute Gasteiger partial charge is 0.224 e. The first kappa shape index (κ1) is 21.2. The SMILES string of the molecule is C=S(=O)(c1ccccc1)N1CC(C(=O)NCc2cnccn2)CCC1c1ccccc1. The van der Waals surface area contributed by atoms with E-state index in [0.29, 0.717) is 30.1 Å². The molecule has 160 valence electrons. The zero-order valence-corrected chi connectivity index (χ0v) is 18.1. The number of piperidine rings is 1. The second kappa shape index (κ2) is 9.41. The molecule has 2 heterocycles. The molecule has 4 rings (SSSR count). The van der Waals surface area contributed by atoms with Crippen LogP contribution in [0.15, 0.2) is 84.1 Å². The van der Waals surface area contributed by atoms with Gasteiger partial charge in [0.2, 0.25) is 5.91 Å². The normalized spacial score (nSPS) is 21.2. The molecular weight excluding hydrogens is 408 g/mol. The highest BCUT2D eigenvalue weighted by atomic mass is 32.2. The van der Waals surface area contributed by atoms with Crippen molar-refractivity contribution in [2.75, 3.05) is 6.54 Å². The molecule has 1 amide bonds. The fourth-order valence-corrected chi connectivity index (χ4v) is 5.91. The van der Waals surface area contributed by atoms with Crippen LogP contribution in [0, 0.1) is 5.92 Å². The van der Waals surface area contributed by atoms with Crippen molar-refractivity contribution < 1.29 is 9.00 Å². The Balaban J connectivity index is 1.57. The minimum atomic E-state index is -2.76. The maximum Gasteiger partial charge on any atom is 0.224 e. The zero-order chi connectivity index (χ0) is 21.7. The highest BCUT2D eigenvalue weighted by Crippen LogP contribution is 2.37. The van der Waals surface area contributed by atoms with Crippen molar-refractivity contribution in [3.8, 4) is 0 Å². The van der Waals surface area contributed by atoms with Crippen molar-refractivity contribution in [2.24, 2.45) is 5.92 Å². The number of rotatable bonds is 6. The van der Waals surface area contributed by atoms with Crippen molar-refractivity contribution in [3.05, 3.63) is 90.5 Å². The van der Waals surface area contributed by atoms with Crippen LogP contribution in [-0.2, 0) is 21.0 Å². The van der Waals surface area contributed by atoms with Crippen LogP contribution >= 0.6 is 0 Å². The van der Waals surface area contributed by atoms with Crippen LogP contribution in [0.25, 0.3) is 0 Å². The lowest BCUT2D eigenvalue weighted by Gasteiger charge is -2.41. The Kier molecular flexibility index (Phi) is 6.44. The molecule has 0 aliphatic carbocycles. The standard InChI is InChI=1S/C24H26N4O2S/c1-31(30,22-10-6-3-7-11-22)28-18-20(12-13-23(28)19-8-4-2-5-9-19)24(29)27-17-21-16-25-14-15-26-21/h2-11,14-16,20,23H,1,12-13,17-18H2,(H,27,29). The van der Waals surface area contributed by atoms with Crippen molar-refractivity contribution in [1.29, 1.82) is 0 Å². The molecule has 0 saturated carbocycles. The van der Waals surface area contributed by atoms with E-state index in [1.807, 2.05) is 65.0 Å². The largest absolute Gasteiger partial charge is 0.350 e. The van der Waals surface area contributed by atoms with E-state index in [4.69, 9.17) is 0 Å². The molecule has 1 saturated heterocycles. The predicted octanol–water partition coefficient (Wildman–Crippen LogP) is 3.24. The molecule has 1 aliphatic heterocycles. The Morgan fingerprint density at radius 3 is 2.45 bits per heavy atom. The molecule has 3 atom stereocenters. The minimum Gasteiger partial charge on any atom is -0.350 e. The molecule has 6 nitrogen and oxygen atoms in total. The number of nitrogens with zero attached hydrogens (tertiary/aromatic N) is 3. The first-order valence-electron chi connectivity index (χ1n) is 10.3. The van der Waals surface area contributed by atoms with E-state index < -0.39 is 9.71 Å². The van der Waals surface area contributed by atoms with Crippen molar-refractivity contribution in [2.45, 2.75) is 30.3 Å². The Morgan fingerprint density at radius 1 is 1.06 bits per heavy atom.